The Bertz CT molecular complexity index is 168. The summed E-state index contributed by atoms with van der Waals surface area (Å²) in [7, 11) is 0. The summed E-state index contributed by atoms with van der Waals surface area (Å²) in [5.74, 6) is 0. The van der Waals surface area contributed by atoms with E-state index in [4.69, 9.17) is 0 Å². The van der Waals surface area contributed by atoms with Crippen molar-refractivity contribution in [1.29, 1.82) is 0 Å². The molecular weight excluding hydrogens is 182 g/mol. The third-order valence-corrected chi connectivity index (χ3v) is 3.62. The normalized spacial score (nSPS) is 25.7. The van der Waals surface area contributed by atoms with E-state index in [1.54, 1.807) is 0 Å². The molecule has 0 aromatic heterocycles. The smallest absolute Gasteiger partial charge is 0.0181 e. The number of allylic oxidation sites excluding steroid dienone is 1. The van der Waals surface area contributed by atoms with Gasteiger partial charge in [-0.05, 0) is 45.1 Å². The zero-order valence-electron chi connectivity index (χ0n) is 10.4. The van der Waals surface area contributed by atoms with Crippen LogP contribution in [0.2, 0.25) is 0 Å². The standard InChI is InChI=1S/C14H27N/c1-3-5-6-7-8-11-14(10-4-2)12-9-13-15-14/h3,15H,1,4-13H2,2H3. The van der Waals surface area contributed by atoms with E-state index in [1.807, 2.05) is 6.08 Å². The van der Waals surface area contributed by atoms with Gasteiger partial charge in [0.15, 0.2) is 0 Å². The first kappa shape index (κ1) is 12.8. The van der Waals surface area contributed by atoms with Crippen LogP contribution >= 0.6 is 0 Å². The van der Waals surface area contributed by atoms with Crippen LogP contribution < -0.4 is 5.32 Å². The molecule has 0 bridgehead atoms. The maximum Gasteiger partial charge on any atom is 0.0181 e. The summed E-state index contributed by atoms with van der Waals surface area (Å²) in [5.41, 5.74) is 0.517. The second kappa shape index (κ2) is 7.05. The van der Waals surface area contributed by atoms with Crippen molar-refractivity contribution < 1.29 is 0 Å². The van der Waals surface area contributed by atoms with E-state index in [1.165, 1.54) is 64.3 Å². The van der Waals surface area contributed by atoms with Crippen LogP contribution in [0.5, 0.6) is 0 Å². The molecule has 0 saturated carbocycles. The highest BCUT2D eigenvalue weighted by atomic mass is 15.0. The largest absolute Gasteiger partial charge is 0.311 e. The first-order valence-corrected chi connectivity index (χ1v) is 6.69. The lowest BCUT2D eigenvalue weighted by atomic mass is 9.86. The molecule has 1 heteroatoms. The topological polar surface area (TPSA) is 12.0 Å². The number of hydrogen-bond donors (Lipinski definition) is 1. The van der Waals surface area contributed by atoms with Gasteiger partial charge in [0.25, 0.3) is 0 Å². The fraction of sp³-hybridized carbons (Fsp3) is 0.857. The maximum atomic E-state index is 3.77. The van der Waals surface area contributed by atoms with Crippen LogP contribution in [-0.4, -0.2) is 12.1 Å². The second-order valence-corrected chi connectivity index (χ2v) is 4.95. The highest BCUT2D eigenvalue weighted by Crippen LogP contribution is 2.30. The Kier molecular flexibility index (Phi) is 6.00. The van der Waals surface area contributed by atoms with Crippen LogP contribution in [0.25, 0.3) is 0 Å². The lowest BCUT2D eigenvalue weighted by molar-refractivity contribution is 0.308. The highest BCUT2D eigenvalue weighted by Gasteiger charge is 2.31. The summed E-state index contributed by atoms with van der Waals surface area (Å²) in [6, 6.07) is 0. The summed E-state index contributed by atoms with van der Waals surface area (Å²) >= 11 is 0. The Labute approximate surface area is 95.3 Å². The molecule has 1 saturated heterocycles. The molecule has 1 aliphatic heterocycles. The third-order valence-electron chi connectivity index (χ3n) is 3.62. The van der Waals surface area contributed by atoms with Crippen LogP contribution in [0.4, 0.5) is 0 Å². The molecule has 1 N–H and O–H groups in total. The molecule has 1 nitrogen and oxygen atoms in total. The number of rotatable bonds is 8. The number of unbranched alkanes of at least 4 members (excludes halogenated alkanes) is 3. The molecule has 0 aliphatic carbocycles. The Balaban J connectivity index is 2.17. The molecule has 1 heterocycles. The van der Waals surface area contributed by atoms with Crippen LogP contribution in [-0.2, 0) is 0 Å². The van der Waals surface area contributed by atoms with Gasteiger partial charge in [-0.1, -0.05) is 32.3 Å². The van der Waals surface area contributed by atoms with Gasteiger partial charge in [-0.25, -0.2) is 0 Å². The van der Waals surface area contributed by atoms with E-state index >= 15 is 0 Å². The van der Waals surface area contributed by atoms with Crippen molar-refractivity contribution in [3.05, 3.63) is 12.7 Å². The molecule has 1 unspecified atom stereocenters. The number of hydrogen-bond acceptors (Lipinski definition) is 1. The average molecular weight is 209 g/mol. The minimum Gasteiger partial charge on any atom is -0.311 e. The van der Waals surface area contributed by atoms with Gasteiger partial charge in [0.05, 0.1) is 0 Å². The first-order chi connectivity index (χ1) is 7.33. The predicted octanol–water partition coefficient (Wildman–Crippen LogP) is 4.05. The summed E-state index contributed by atoms with van der Waals surface area (Å²) in [6.07, 6.45) is 14.2. The predicted molar refractivity (Wildman–Crippen MR) is 68.2 cm³/mol. The van der Waals surface area contributed by atoms with Crippen molar-refractivity contribution in [3.8, 4) is 0 Å². The van der Waals surface area contributed by atoms with Gasteiger partial charge in [-0.3, -0.25) is 0 Å². The molecule has 0 aromatic rings. The van der Waals surface area contributed by atoms with Crippen molar-refractivity contribution in [3.63, 3.8) is 0 Å². The average Bonchev–Trinajstić information content (AvgIpc) is 2.67. The van der Waals surface area contributed by atoms with Crippen LogP contribution in [0.15, 0.2) is 12.7 Å². The SMILES string of the molecule is C=CCCCCCC1(CCC)CCCN1. The lowest BCUT2D eigenvalue weighted by Crippen LogP contribution is -2.39. The molecule has 0 spiro atoms. The van der Waals surface area contributed by atoms with Gasteiger partial charge in [-0.15, -0.1) is 6.58 Å². The van der Waals surface area contributed by atoms with Crippen molar-refractivity contribution in [2.75, 3.05) is 6.54 Å². The molecule has 1 aliphatic rings. The van der Waals surface area contributed by atoms with Crippen molar-refractivity contribution >= 4 is 0 Å². The minimum atomic E-state index is 0.517. The first-order valence-electron chi connectivity index (χ1n) is 6.69. The lowest BCUT2D eigenvalue weighted by Gasteiger charge is -2.29. The van der Waals surface area contributed by atoms with Gasteiger partial charge >= 0.3 is 0 Å². The molecule has 0 aromatic carbocycles. The van der Waals surface area contributed by atoms with Crippen molar-refractivity contribution in [2.24, 2.45) is 0 Å². The molecule has 0 radical (unpaired) electrons. The Morgan fingerprint density at radius 2 is 2.13 bits per heavy atom. The Morgan fingerprint density at radius 1 is 1.27 bits per heavy atom. The highest BCUT2D eigenvalue weighted by molar-refractivity contribution is 4.92. The van der Waals surface area contributed by atoms with E-state index < -0.39 is 0 Å². The van der Waals surface area contributed by atoms with E-state index in [-0.39, 0.29) is 0 Å². The maximum absolute atomic E-state index is 3.77. The molecule has 1 fully saturated rings. The molecule has 15 heavy (non-hydrogen) atoms. The van der Waals surface area contributed by atoms with Crippen LogP contribution in [0.3, 0.4) is 0 Å². The van der Waals surface area contributed by atoms with E-state index in [0.29, 0.717) is 5.54 Å². The van der Waals surface area contributed by atoms with Crippen LogP contribution in [0.1, 0.15) is 64.7 Å². The molecular formula is C14H27N. The fourth-order valence-corrected chi connectivity index (χ4v) is 2.83. The quantitative estimate of drug-likeness (QED) is 0.470. The molecule has 0 amide bonds. The van der Waals surface area contributed by atoms with E-state index in [0.717, 1.165) is 0 Å². The van der Waals surface area contributed by atoms with Gasteiger partial charge in [0, 0.05) is 5.54 Å². The summed E-state index contributed by atoms with van der Waals surface area (Å²) in [6.45, 7) is 7.31. The van der Waals surface area contributed by atoms with E-state index in [2.05, 4.69) is 18.8 Å². The summed E-state index contributed by atoms with van der Waals surface area (Å²) in [5, 5.41) is 3.74. The summed E-state index contributed by atoms with van der Waals surface area (Å²) < 4.78 is 0. The molecule has 1 rings (SSSR count). The van der Waals surface area contributed by atoms with Gasteiger partial charge in [-0.2, -0.15) is 0 Å². The van der Waals surface area contributed by atoms with Crippen molar-refractivity contribution in [2.45, 2.75) is 70.3 Å². The third kappa shape index (κ3) is 4.38. The van der Waals surface area contributed by atoms with Gasteiger partial charge in [0.1, 0.15) is 0 Å². The monoisotopic (exact) mass is 209 g/mol. The Hall–Kier alpha value is -0.300. The van der Waals surface area contributed by atoms with Gasteiger partial charge < -0.3 is 5.32 Å². The zero-order chi connectivity index (χ0) is 11.0. The molecule has 1 atom stereocenters. The Morgan fingerprint density at radius 3 is 2.73 bits per heavy atom. The second-order valence-electron chi connectivity index (χ2n) is 4.95. The van der Waals surface area contributed by atoms with Crippen LogP contribution in [0, 0.1) is 0 Å². The van der Waals surface area contributed by atoms with Crippen molar-refractivity contribution in [1.82, 2.24) is 5.32 Å². The zero-order valence-corrected chi connectivity index (χ0v) is 10.4. The van der Waals surface area contributed by atoms with Gasteiger partial charge in [0.2, 0.25) is 0 Å². The van der Waals surface area contributed by atoms with E-state index in [9.17, 15) is 0 Å². The fourth-order valence-electron chi connectivity index (χ4n) is 2.83. The number of nitrogens with one attached hydrogen (secondary N) is 1. The molecule has 88 valence electrons. The summed E-state index contributed by atoms with van der Waals surface area (Å²) in [4.78, 5) is 0. The minimum absolute atomic E-state index is 0.517.